The smallest absolute Gasteiger partial charge is 0.337 e. The van der Waals surface area contributed by atoms with Crippen LogP contribution in [0.4, 0.5) is 0 Å². The van der Waals surface area contributed by atoms with Gasteiger partial charge in [-0.05, 0) is 54.1 Å². The van der Waals surface area contributed by atoms with Gasteiger partial charge in [0.25, 0.3) is 5.91 Å². The van der Waals surface area contributed by atoms with Gasteiger partial charge in [0.1, 0.15) is 5.60 Å². The summed E-state index contributed by atoms with van der Waals surface area (Å²) in [5, 5.41) is 11.0. The Balaban J connectivity index is 1.81. The highest BCUT2D eigenvalue weighted by Gasteiger charge is 2.36. The van der Waals surface area contributed by atoms with Gasteiger partial charge in [0, 0.05) is 37.2 Å². The zero-order valence-electron chi connectivity index (χ0n) is 18.1. The molecule has 1 aliphatic carbocycles. The second-order valence-corrected chi connectivity index (χ2v) is 7.55. The van der Waals surface area contributed by atoms with E-state index in [1.807, 2.05) is 0 Å². The van der Waals surface area contributed by atoms with E-state index in [1.165, 1.54) is 24.2 Å². The largest absolute Gasteiger partial charge is 0.465 e. The second-order valence-electron chi connectivity index (χ2n) is 7.55. The van der Waals surface area contributed by atoms with E-state index in [1.54, 1.807) is 68.7 Å². The molecule has 162 valence electrons. The Hall–Kier alpha value is -3.95. The fraction of sp³-hybridized carbons (Fsp3) is 0.192. The van der Waals surface area contributed by atoms with Gasteiger partial charge in [0.15, 0.2) is 5.78 Å². The zero-order valence-corrected chi connectivity index (χ0v) is 18.1. The van der Waals surface area contributed by atoms with Crippen molar-refractivity contribution in [3.63, 3.8) is 0 Å². The Morgan fingerprint density at radius 2 is 1.84 bits per heavy atom. The number of aliphatic hydroxyl groups is 1. The molecule has 0 bridgehead atoms. The molecule has 3 rings (SSSR count). The van der Waals surface area contributed by atoms with Crippen LogP contribution in [-0.4, -0.2) is 54.5 Å². The highest BCUT2D eigenvalue weighted by atomic mass is 16.5. The Morgan fingerprint density at radius 3 is 2.50 bits per heavy atom. The van der Waals surface area contributed by atoms with E-state index >= 15 is 0 Å². The summed E-state index contributed by atoms with van der Waals surface area (Å²) in [7, 11) is 4.66. The van der Waals surface area contributed by atoms with Crippen LogP contribution < -0.4 is 0 Å². The van der Waals surface area contributed by atoms with Gasteiger partial charge in [-0.15, -0.1) is 0 Å². The molecule has 1 aliphatic rings. The van der Waals surface area contributed by atoms with Gasteiger partial charge >= 0.3 is 5.97 Å². The average Bonchev–Trinajstić information content (AvgIpc) is 3.07. The summed E-state index contributed by atoms with van der Waals surface area (Å²) in [6.07, 6.45) is 4.35. The van der Waals surface area contributed by atoms with Crippen LogP contribution in [0.25, 0.3) is 6.08 Å². The first-order valence-corrected chi connectivity index (χ1v) is 9.90. The van der Waals surface area contributed by atoms with E-state index in [9.17, 15) is 19.5 Å². The molecule has 0 aromatic heterocycles. The summed E-state index contributed by atoms with van der Waals surface area (Å²) in [6.45, 7) is 0. The fourth-order valence-corrected chi connectivity index (χ4v) is 3.23. The van der Waals surface area contributed by atoms with Gasteiger partial charge in [-0.25, -0.2) is 4.79 Å². The summed E-state index contributed by atoms with van der Waals surface area (Å²) < 4.78 is 4.68. The van der Waals surface area contributed by atoms with E-state index in [0.29, 0.717) is 22.3 Å². The first-order valence-electron chi connectivity index (χ1n) is 9.90. The van der Waals surface area contributed by atoms with Crippen LogP contribution in [0.5, 0.6) is 0 Å². The van der Waals surface area contributed by atoms with Crippen molar-refractivity contribution >= 4 is 23.7 Å². The molecule has 32 heavy (non-hydrogen) atoms. The normalized spacial score (nSPS) is 18.2. The fourth-order valence-electron chi connectivity index (χ4n) is 3.23. The number of carbonyl (C=O) groups excluding carboxylic acids is 3. The lowest BCUT2D eigenvalue weighted by atomic mass is 9.91. The summed E-state index contributed by atoms with van der Waals surface area (Å²) in [5.74, 6) is 4.99. The number of ether oxygens (including phenoxy) is 1. The lowest BCUT2D eigenvalue weighted by Crippen LogP contribution is -2.27. The molecule has 0 spiro atoms. The first kappa shape index (κ1) is 22.7. The third kappa shape index (κ3) is 5.02. The van der Waals surface area contributed by atoms with Crippen LogP contribution >= 0.6 is 0 Å². The van der Waals surface area contributed by atoms with Crippen molar-refractivity contribution in [2.75, 3.05) is 21.2 Å². The molecule has 0 radical (unpaired) electrons. The van der Waals surface area contributed by atoms with Crippen LogP contribution in [-0.2, 0) is 9.53 Å². The van der Waals surface area contributed by atoms with E-state index in [0.717, 1.165) is 0 Å². The van der Waals surface area contributed by atoms with Crippen molar-refractivity contribution in [1.29, 1.82) is 0 Å². The SMILES string of the molecule is COC(=O)c1ccc(/C=C2/C(=O)C=CC2(O)CC#Cc2cccc(C(=O)N(C)C)c2)cc1. The zero-order chi connectivity index (χ0) is 23.3. The van der Waals surface area contributed by atoms with Gasteiger partial charge in [0.05, 0.1) is 12.7 Å². The first-order chi connectivity index (χ1) is 15.2. The predicted molar refractivity (Wildman–Crippen MR) is 121 cm³/mol. The minimum atomic E-state index is -1.53. The Bertz CT molecular complexity index is 1180. The van der Waals surface area contributed by atoms with E-state index < -0.39 is 11.6 Å². The maximum atomic E-state index is 12.4. The molecule has 2 aromatic rings. The summed E-state index contributed by atoms with van der Waals surface area (Å²) in [4.78, 5) is 37.5. The molecule has 0 saturated heterocycles. The molecule has 0 fully saturated rings. The van der Waals surface area contributed by atoms with Crippen LogP contribution in [0.1, 0.15) is 38.3 Å². The van der Waals surface area contributed by atoms with Gasteiger partial charge in [-0.1, -0.05) is 30.0 Å². The second kappa shape index (κ2) is 9.46. The molecule has 1 N–H and O–H groups in total. The highest BCUT2D eigenvalue weighted by molar-refractivity contribution is 6.12. The molecule has 2 aromatic carbocycles. The van der Waals surface area contributed by atoms with Crippen molar-refractivity contribution in [1.82, 2.24) is 4.90 Å². The number of carbonyl (C=O) groups is 3. The number of methoxy groups -OCH3 is 1. The molecule has 0 aliphatic heterocycles. The molecule has 0 saturated carbocycles. The number of ketones is 1. The minimum Gasteiger partial charge on any atom is -0.465 e. The lowest BCUT2D eigenvalue weighted by molar-refractivity contribution is -0.111. The van der Waals surface area contributed by atoms with Crippen LogP contribution in [0.3, 0.4) is 0 Å². The van der Waals surface area contributed by atoms with E-state index in [2.05, 4.69) is 16.6 Å². The predicted octanol–water partition coefficient (Wildman–Crippen LogP) is 2.87. The van der Waals surface area contributed by atoms with Gasteiger partial charge in [0.2, 0.25) is 0 Å². The maximum absolute atomic E-state index is 12.4. The van der Waals surface area contributed by atoms with Crippen LogP contribution in [0.15, 0.2) is 66.3 Å². The Labute approximate surface area is 186 Å². The van der Waals surface area contributed by atoms with E-state index in [4.69, 9.17) is 0 Å². The number of rotatable bonds is 4. The number of allylic oxidation sites excluding steroid dienone is 1. The third-order valence-electron chi connectivity index (χ3n) is 4.99. The Kier molecular flexibility index (Phi) is 6.72. The number of nitrogens with zero attached hydrogens (tertiary/aromatic N) is 1. The molecule has 6 nitrogen and oxygen atoms in total. The average molecular weight is 429 g/mol. The number of benzene rings is 2. The van der Waals surface area contributed by atoms with Crippen molar-refractivity contribution in [2.24, 2.45) is 0 Å². The molecule has 0 heterocycles. The summed E-state index contributed by atoms with van der Waals surface area (Å²) in [6, 6.07) is 13.4. The molecular formula is C26H23NO5. The number of hydrogen-bond donors (Lipinski definition) is 1. The maximum Gasteiger partial charge on any atom is 0.337 e. The third-order valence-corrected chi connectivity index (χ3v) is 4.99. The monoisotopic (exact) mass is 429 g/mol. The van der Waals surface area contributed by atoms with Crippen molar-refractivity contribution in [3.8, 4) is 11.8 Å². The van der Waals surface area contributed by atoms with Crippen LogP contribution in [0, 0.1) is 11.8 Å². The van der Waals surface area contributed by atoms with Crippen LogP contribution in [0.2, 0.25) is 0 Å². The van der Waals surface area contributed by atoms with E-state index in [-0.39, 0.29) is 23.7 Å². The molecule has 1 atom stereocenters. The minimum absolute atomic E-state index is 0.00712. The van der Waals surface area contributed by atoms with Crippen molar-refractivity contribution in [3.05, 3.63) is 88.5 Å². The molecule has 6 heteroatoms. The highest BCUT2D eigenvalue weighted by Crippen LogP contribution is 2.31. The van der Waals surface area contributed by atoms with Gasteiger partial charge in [-0.3, -0.25) is 9.59 Å². The summed E-state index contributed by atoms with van der Waals surface area (Å²) >= 11 is 0. The number of hydrogen-bond acceptors (Lipinski definition) is 5. The Morgan fingerprint density at radius 1 is 1.12 bits per heavy atom. The van der Waals surface area contributed by atoms with Crippen molar-refractivity contribution in [2.45, 2.75) is 12.0 Å². The van der Waals surface area contributed by atoms with Gasteiger partial charge in [-0.2, -0.15) is 0 Å². The molecule has 1 amide bonds. The quantitative estimate of drug-likeness (QED) is 0.459. The standard InChI is InChI=1S/C26H23NO5/c1-27(2)24(29)21-8-4-6-18(16-21)7-5-14-26(31)15-13-23(28)22(26)17-19-9-11-20(12-10-19)25(30)32-3/h4,6,8-13,15-17,31H,14H2,1-3H3/b22-17-. The number of esters is 1. The van der Waals surface area contributed by atoms with Crippen molar-refractivity contribution < 1.29 is 24.2 Å². The summed E-state index contributed by atoms with van der Waals surface area (Å²) in [5.41, 5.74) is 0.884. The molecule has 1 unspecified atom stereocenters. The molecular weight excluding hydrogens is 406 g/mol. The lowest BCUT2D eigenvalue weighted by Gasteiger charge is -2.19. The van der Waals surface area contributed by atoms with Gasteiger partial charge < -0.3 is 14.7 Å². The topological polar surface area (TPSA) is 83.9 Å². The number of amides is 1.